The highest BCUT2D eigenvalue weighted by molar-refractivity contribution is 7.80. The molecule has 0 saturated carbocycles. The number of rotatable bonds is 7. The summed E-state index contributed by atoms with van der Waals surface area (Å²) in [5.41, 5.74) is 3.51. The molecule has 6 heteroatoms. The molecule has 138 valence electrons. The number of ether oxygens (including phenoxy) is 2. The lowest BCUT2D eigenvalue weighted by molar-refractivity contribution is 0.0976. The Labute approximate surface area is 159 Å². The average molecular weight is 372 g/mol. The molecule has 0 saturated heterocycles. The van der Waals surface area contributed by atoms with Gasteiger partial charge in [0.05, 0.1) is 6.61 Å². The highest BCUT2D eigenvalue weighted by Gasteiger charge is 2.11. The van der Waals surface area contributed by atoms with Gasteiger partial charge in [-0.1, -0.05) is 24.3 Å². The molecule has 0 aromatic heterocycles. The fourth-order valence-corrected chi connectivity index (χ4v) is 2.62. The summed E-state index contributed by atoms with van der Waals surface area (Å²) in [4.78, 5) is 12.4. The first-order chi connectivity index (χ1) is 12.5. The van der Waals surface area contributed by atoms with E-state index in [2.05, 4.69) is 10.6 Å². The molecule has 0 atom stereocenters. The summed E-state index contributed by atoms with van der Waals surface area (Å²) < 4.78 is 10.8. The standard InChI is InChI=1S/C20H24N2O3S/c1-4-24-11-12-25-17-10-6-9-16(13-17)19(23)22-20(26)21-18-14(2)7-5-8-15(18)3/h5-10,13H,4,11-12H2,1-3H3,(H2,21,22,23,26). The molecule has 2 aromatic rings. The SMILES string of the molecule is CCOCCOc1cccc(C(=O)NC(=S)Nc2c(C)cccc2C)c1. The van der Waals surface area contributed by atoms with Gasteiger partial charge in [-0.3, -0.25) is 10.1 Å². The number of hydrogen-bond donors (Lipinski definition) is 2. The van der Waals surface area contributed by atoms with Crippen LogP contribution in [0.4, 0.5) is 5.69 Å². The molecule has 0 heterocycles. The molecule has 2 N–H and O–H groups in total. The minimum Gasteiger partial charge on any atom is -0.491 e. The van der Waals surface area contributed by atoms with Crippen LogP contribution in [-0.4, -0.2) is 30.8 Å². The monoisotopic (exact) mass is 372 g/mol. The number of thiocarbonyl (C=S) groups is 1. The summed E-state index contributed by atoms with van der Waals surface area (Å²) in [7, 11) is 0. The van der Waals surface area contributed by atoms with E-state index in [1.807, 2.05) is 39.0 Å². The fraction of sp³-hybridized carbons (Fsp3) is 0.300. The third-order valence-electron chi connectivity index (χ3n) is 3.74. The van der Waals surface area contributed by atoms with Crippen LogP contribution in [0.5, 0.6) is 5.75 Å². The van der Waals surface area contributed by atoms with Crippen LogP contribution < -0.4 is 15.4 Å². The first-order valence-corrected chi connectivity index (χ1v) is 8.91. The molecule has 2 aromatic carbocycles. The van der Waals surface area contributed by atoms with Gasteiger partial charge in [0.2, 0.25) is 0 Å². The highest BCUT2D eigenvalue weighted by Crippen LogP contribution is 2.19. The second kappa shape index (κ2) is 9.89. The van der Waals surface area contributed by atoms with Crippen molar-refractivity contribution in [3.63, 3.8) is 0 Å². The molecule has 2 rings (SSSR count). The van der Waals surface area contributed by atoms with Crippen molar-refractivity contribution in [1.82, 2.24) is 5.32 Å². The van der Waals surface area contributed by atoms with Crippen molar-refractivity contribution in [2.24, 2.45) is 0 Å². The summed E-state index contributed by atoms with van der Waals surface area (Å²) in [5, 5.41) is 6.06. The van der Waals surface area contributed by atoms with Gasteiger partial charge >= 0.3 is 0 Å². The van der Waals surface area contributed by atoms with Crippen LogP contribution in [0.1, 0.15) is 28.4 Å². The average Bonchev–Trinajstić information content (AvgIpc) is 2.62. The van der Waals surface area contributed by atoms with Crippen LogP contribution in [0.2, 0.25) is 0 Å². The molecular weight excluding hydrogens is 348 g/mol. The number of aryl methyl sites for hydroxylation is 2. The topological polar surface area (TPSA) is 59.6 Å². The van der Waals surface area contributed by atoms with Crippen molar-refractivity contribution in [3.05, 3.63) is 59.2 Å². The van der Waals surface area contributed by atoms with Crippen LogP contribution in [0.25, 0.3) is 0 Å². The van der Waals surface area contributed by atoms with Crippen molar-refractivity contribution in [2.75, 3.05) is 25.1 Å². The van der Waals surface area contributed by atoms with Gasteiger partial charge in [-0.15, -0.1) is 0 Å². The Morgan fingerprint density at radius 1 is 1.08 bits per heavy atom. The predicted molar refractivity (Wildman–Crippen MR) is 108 cm³/mol. The Balaban J connectivity index is 1.95. The van der Waals surface area contributed by atoms with Crippen LogP contribution in [0.3, 0.4) is 0 Å². The number of amides is 1. The van der Waals surface area contributed by atoms with E-state index < -0.39 is 0 Å². The Bertz CT molecular complexity index is 757. The van der Waals surface area contributed by atoms with E-state index in [0.29, 0.717) is 31.1 Å². The molecule has 0 aliphatic heterocycles. The molecule has 0 aliphatic carbocycles. The normalized spacial score (nSPS) is 10.3. The Morgan fingerprint density at radius 3 is 2.46 bits per heavy atom. The van der Waals surface area contributed by atoms with Crippen LogP contribution >= 0.6 is 12.2 Å². The number of carbonyl (C=O) groups excluding carboxylic acids is 1. The maximum atomic E-state index is 12.4. The lowest BCUT2D eigenvalue weighted by atomic mass is 10.1. The first-order valence-electron chi connectivity index (χ1n) is 8.50. The van der Waals surface area contributed by atoms with Gasteiger partial charge in [0.1, 0.15) is 12.4 Å². The second-order valence-electron chi connectivity index (χ2n) is 5.75. The molecule has 0 unspecified atom stereocenters. The van der Waals surface area contributed by atoms with Crippen molar-refractivity contribution < 1.29 is 14.3 Å². The third-order valence-corrected chi connectivity index (χ3v) is 3.95. The van der Waals surface area contributed by atoms with Gasteiger partial charge < -0.3 is 14.8 Å². The Hall–Kier alpha value is -2.44. The number of carbonyl (C=O) groups is 1. The molecule has 26 heavy (non-hydrogen) atoms. The minimum atomic E-state index is -0.288. The van der Waals surface area contributed by atoms with Gasteiger partial charge in [-0.25, -0.2) is 0 Å². The molecule has 1 amide bonds. The Kier molecular flexibility index (Phi) is 7.56. The summed E-state index contributed by atoms with van der Waals surface area (Å²) in [6.45, 7) is 7.50. The van der Waals surface area contributed by atoms with Gasteiger partial charge in [0.15, 0.2) is 5.11 Å². The van der Waals surface area contributed by atoms with Gasteiger partial charge in [-0.2, -0.15) is 0 Å². The van der Waals surface area contributed by atoms with Crippen LogP contribution in [0.15, 0.2) is 42.5 Å². The van der Waals surface area contributed by atoms with E-state index >= 15 is 0 Å². The number of anilines is 1. The van der Waals surface area contributed by atoms with Crippen molar-refractivity contribution in [2.45, 2.75) is 20.8 Å². The lowest BCUT2D eigenvalue weighted by Gasteiger charge is -2.14. The first kappa shape index (κ1) is 19.9. The quantitative estimate of drug-likeness (QED) is 0.571. The zero-order valence-electron chi connectivity index (χ0n) is 15.3. The van der Waals surface area contributed by atoms with E-state index in [0.717, 1.165) is 16.8 Å². The molecule has 0 spiro atoms. The molecule has 0 fully saturated rings. The van der Waals surface area contributed by atoms with E-state index in [1.54, 1.807) is 24.3 Å². The van der Waals surface area contributed by atoms with Gasteiger partial charge in [0.25, 0.3) is 5.91 Å². The zero-order valence-corrected chi connectivity index (χ0v) is 16.1. The number of nitrogens with one attached hydrogen (secondary N) is 2. The number of benzene rings is 2. The summed E-state index contributed by atoms with van der Waals surface area (Å²) in [6, 6.07) is 12.9. The highest BCUT2D eigenvalue weighted by atomic mass is 32.1. The van der Waals surface area contributed by atoms with Crippen molar-refractivity contribution in [3.8, 4) is 5.75 Å². The van der Waals surface area contributed by atoms with Crippen molar-refractivity contribution in [1.29, 1.82) is 0 Å². The maximum absolute atomic E-state index is 12.4. The minimum absolute atomic E-state index is 0.259. The molecule has 5 nitrogen and oxygen atoms in total. The molecular formula is C20H24N2O3S. The Morgan fingerprint density at radius 2 is 1.77 bits per heavy atom. The van der Waals surface area contributed by atoms with E-state index in [9.17, 15) is 4.79 Å². The fourth-order valence-electron chi connectivity index (χ4n) is 2.42. The van der Waals surface area contributed by atoms with E-state index in [4.69, 9.17) is 21.7 Å². The number of para-hydroxylation sites is 1. The summed E-state index contributed by atoms with van der Waals surface area (Å²) >= 11 is 5.27. The van der Waals surface area contributed by atoms with Crippen LogP contribution in [0, 0.1) is 13.8 Å². The predicted octanol–water partition coefficient (Wildman–Crippen LogP) is 3.85. The van der Waals surface area contributed by atoms with Crippen LogP contribution in [-0.2, 0) is 4.74 Å². The van der Waals surface area contributed by atoms with Gasteiger partial charge in [0, 0.05) is 17.9 Å². The molecule has 0 radical (unpaired) electrons. The van der Waals surface area contributed by atoms with Gasteiger partial charge in [-0.05, 0) is 62.3 Å². The third kappa shape index (κ3) is 5.82. The molecule has 0 bridgehead atoms. The van der Waals surface area contributed by atoms with E-state index in [1.165, 1.54) is 0 Å². The largest absolute Gasteiger partial charge is 0.491 e. The zero-order chi connectivity index (χ0) is 18.9. The van der Waals surface area contributed by atoms with Crippen molar-refractivity contribution >= 4 is 28.9 Å². The lowest BCUT2D eigenvalue weighted by Crippen LogP contribution is -2.34. The smallest absolute Gasteiger partial charge is 0.257 e. The number of hydrogen-bond acceptors (Lipinski definition) is 4. The van der Waals surface area contributed by atoms with E-state index in [-0.39, 0.29) is 11.0 Å². The maximum Gasteiger partial charge on any atom is 0.257 e. The summed E-state index contributed by atoms with van der Waals surface area (Å²) in [6.07, 6.45) is 0. The molecule has 0 aliphatic rings. The summed E-state index contributed by atoms with van der Waals surface area (Å²) in [5.74, 6) is 0.329. The second-order valence-corrected chi connectivity index (χ2v) is 6.16.